The number of rotatable bonds is 0. The van der Waals surface area contributed by atoms with E-state index in [2.05, 4.69) is 52.0 Å². The average Bonchev–Trinajstić information content (AvgIpc) is 2.43. The summed E-state index contributed by atoms with van der Waals surface area (Å²) in [6, 6.07) is 0. The maximum Gasteiger partial charge on any atom is 0.306 e. The van der Waals surface area contributed by atoms with Crippen molar-refractivity contribution in [3.63, 3.8) is 0 Å². The summed E-state index contributed by atoms with van der Waals surface area (Å²) in [7, 11) is 0. The summed E-state index contributed by atoms with van der Waals surface area (Å²) in [6.45, 7) is 10.7. The van der Waals surface area contributed by atoms with Crippen molar-refractivity contribution < 1.29 is 9.53 Å². The average molecular weight is 304 g/mol. The number of ether oxygens (including phenoxy) is 1. The molecule has 0 spiro atoms. The number of carbonyl (C=O) groups is 1. The molecular formula is C20H32O2. The molecule has 3 atom stereocenters. The first-order valence-electron chi connectivity index (χ1n) is 8.57. The smallest absolute Gasteiger partial charge is 0.306 e. The molecule has 2 nitrogen and oxygen atoms in total. The Labute approximate surface area is 136 Å². The molecule has 22 heavy (non-hydrogen) atoms. The molecule has 1 aliphatic heterocycles. The van der Waals surface area contributed by atoms with E-state index in [9.17, 15) is 4.79 Å². The van der Waals surface area contributed by atoms with Gasteiger partial charge < -0.3 is 4.74 Å². The molecule has 0 saturated heterocycles. The lowest BCUT2D eigenvalue weighted by Gasteiger charge is -2.18. The van der Waals surface area contributed by atoms with Gasteiger partial charge in [0.1, 0.15) is 6.10 Å². The topological polar surface area (TPSA) is 26.3 Å². The second-order valence-electron chi connectivity index (χ2n) is 6.80. The van der Waals surface area contributed by atoms with Gasteiger partial charge in [0.25, 0.3) is 0 Å². The third kappa shape index (κ3) is 7.63. The van der Waals surface area contributed by atoms with E-state index in [-0.39, 0.29) is 18.0 Å². The van der Waals surface area contributed by atoms with E-state index in [1.165, 1.54) is 11.1 Å². The first-order valence-corrected chi connectivity index (χ1v) is 8.57. The lowest BCUT2D eigenvalue weighted by molar-refractivity contribution is -0.149. The highest BCUT2D eigenvalue weighted by molar-refractivity contribution is 5.69. The van der Waals surface area contributed by atoms with Gasteiger partial charge in [-0.2, -0.15) is 0 Å². The van der Waals surface area contributed by atoms with Crippen LogP contribution in [0, 0.1) is 11.8 Å². The predicted octanol–water partition coefficient (Wildman–Crippen LogP) is 5.60. The highest BCUT2D eigenvalue weighted by atomic mass is 16.5. The Morgan fingerprint density at radius 3 is 2.50 bits per heavy atom. The summed E-state index contributed by atoms with van der Waals surface area (Å²) < 4.78 is 5.53. The third-order valence-electron chi connectivity index (χ3n) is 4.33. The van der Waals surface area contributed by atoms with Crippen molar-refractivity contribution in [2.75, 3.05) is 0 Å². The van der Waals surface area contributed by atoms with Crippen molar-refractivity contribution in [1.29, 1.82) is 0 Å². The molecule has 1 aliphatic rings. The fraction of sp³-hybridized carbons (Fsp3) is 0.650. The zero-order valence-corrected chi connectivity index (χ0v) is 14.9. The Hall–Kier alpha value is -1.31. The fourth-order valence-corrected chi connectivity index (χ4v) is 2.62. The second kappa shape index (κ2) is 9.66. The van der Waals surface area contributed by atoms with Gasteiger partial charge in [0.05, 0.1) is 0 Å². The first kappa shape index (κ1) is 18.7. The first-order chi connectivity index (χ1) is 10.4. The van der Waals surface area contributed by atoms with Crippen molar-refractivity contribution in [2.24, 2.45) is 11.8 Å². The number of esters is 1. The van der Waals surface area contributed by atoms with Gasteiger partial charge in [-0.05, 0) is 52.4 Å². The van der Waals surface area contributed by atoms with Crippen LogP contribution in [0.5, 0.6) is 0 Å². The standard InChI is InChI=1S/C20H32O2/c1-15-8-6-9-16(2)14-17(3)10-7-11-18(4)19(5)22-20(21)13-12-15/h7-8,11,14,17-19H,6,9-10,12-13H2,1-5H3/b11-7+,15-8+,16-14+/t17-,18-,19+/m0/s1. The third-order valence-corrected chi connectivity index (χ3v) is 4.33. The highest BCUT2D eigenvalue weighted by Gasteiger charge is 2.14. The van der Waals surface area contributed by atoms with Crippen LogP contribution in [0.2, 0.25) is 0 Å². The van der Waals surface area contributed by atoms with Gasteiger partial charge in [0.2, 0.25) is 0 Å². The molecule has 0 aliphatic carbocycles. The molecule has 0 saturated carbocycles. The summed E-state index contributed by atoms with van der Waals surface area (Å²) in [5.74, 6) is 0.724. The summed E-state index contributed by atoms with van der Waals surface area (Å²) in [6.07, 6.45) is 13.5. The van der Waals surface area contributed by atoms with Crippen molar-refractivity contribution in [3.8, 4) is 0 Å². The molecule has 0 aromatic rings. The van der Waals surface area contributed by atoms with E-state index in [1.807, 2.05) is 6.92 Å². The summed E-state index contributed by atoms with van der Waals surface area (Å²) in [4.78, 5) is 11.9. The van der Waals surface area contributed by atoms with Crippen molar-refractivity contribution >= 4 is 5.97 Å². The zero-order valence-electron chi connectivity index (χ0n) is 14.9. The van der Waals surface area contributed by atoms with Crippen molar-refractivity contribution in [2.45, 2.75) is 72.8 Å². The van der Waals surface area contributed by atoms with Gasteiger partial charge in [-0.3, -0.25) is 4.79 Å². The quantitative estimate of drug-likeness (QED) is 0.430. The maximum absolute atomic E-state index is 11.9. The van der Waals surface area contributed by atoms with Crippen LogP contribution in [0.3, 0.4) is 0 Å². The van der Waals surface area contributed by atoms with E-state index in [1.54, 1.807) is 0 Å². The Morgan fingerprint density at radius 1 is 1.05 bits per heavy atom. The number of hydrogen-bond acceptors (Lipinski definition) is 2. The molecule has 0 bridgehead atoms. The highest BCUT2D eigenvalue weighted by Crippen LogP contribution is 2.17. The zero-order chi connectivity index (χ0) is 16.5. The molecule has 0 radical (unpaired) electrons. The van der Waals surface area contributed by atoms with E-state index in [4.69, 9.17) is 4.74 Å². The number of cyclic esters (lactones) is 1. The van der Waals surface area contributed by atoms with E-state index >= 15 is 0 Å². The van der Waals surface area contributed by atoms with Crippen molar-refractivity contribution in [3.05, 3.63) is 35.5 Å². The lowest BCUT2D eigenvalue weighted by Crippen LogP contribution is -2.20. The van der Waals surface area contributed by atoms with Crippen LogP contribution < -0.4 is 0 Å². The minimum Gasteiger partial charge on any atom is -0.462 e. The Morgan fingerprint density at radius 2 is 1.77 bits per heavy atom. The van der Waals surface area contributed by atoms with E-state index in [0.29, 0.717) is 12.3 Å². The van der Waals surface area contributed by atoms with Crippen LogP contribution in [0.1, 0.15) is 66.7 Å². The summed E-state index contributed by atoms with van der Waals surface area (Å²) in [5.41, 5.74) is 2.74. The van der Waals surface area contributed by atoms with Crippen LogP contribution in [0.15, 0.2) is 35.5 Å². The Balaban J connectivity index is 2.78. The van der Waals surface area contributed by atoms with E-state index in [0.717, 1.165) is 25.7 Å². The Bertz CT molecular complexity index is 443. The molecule has 0 aromatic carbocycles. The molecule has 0 N–H and O–H groups in total. The van der Waals surface area contributed by atoms with Gasteiger partial charge in [-0.1, -0.05) is 49.3 Å². The van der Waals surface area contributed by atoms with Gasteiger partial charge in [0.15, 0.2) is 0 Å². The fourth-order valence-electron chi connectivity index (χ4n) is 2.62. The molecule has 2 heteroatoms. The lowest BCUT2D eigenvalue weighted by atomic mass is 9.99. The normalized spacial score (nSPS) is 35.7. The van der Waals surface area contributed by atoms with E-state index < -0.39 is 0 Å². The van der Waals surface area contributed by atoms with Gasteiger partial charge in [-0.15, -0.1) is 0 Å². The molecule has 0 fully saturated rings. The molecular weight excluding hydrogens is 272 g/mol. The molecule has 1 heterocycles. The summed E-state index contributed by atoms with van der Waals surface area (Å²) in [5, 5.41) is 0. The Kier molecular flexibility index (Phi) is 8.22. The number of carbonyl (C=O) groups excluding carboxylic acids is 1. The van der Waals surface area contributed by atoms with Crippen LogP contribution in [-0.4, -0.2) is 12.1 Å². The molecule has 0 unspecified atom stereocenters. The minimum absolute atomic E-state index is 0.0616. The number of hydrogen-bond donors (Lipinski definition) is 0. The molecule has 0 amide bonds. The van der Waals surface area contributed by atoms with Crippen LogP contribution >= 0.6 is 0 Å². The van der Waals surface area contributed by atoms with Crippen LogP contribution in [0.4, 0.5) is 0 Å². The summed E-state index contributed by atoms with van der Waals surface area (Å²) >= 11 is 0. The monoisotopic (exact) mass is 304 g/mol. The number of allylic oxidation sites excluding steroid dienone is 5. The second-order valence-corrected chi connectivity index (χ2v) is 6.80. The largest absolute Gasteiger partial charge is 0.462 e. The molecule has 124 valence electrons. The molecule has 0 aromatic heterocycles. The van der Waals surface area contributed by atoms with Crippen molar-refractivity contribution in [1.82, 2.24) is 0 Å². The predicted molar refractivity (Wildman–Crippen MR) is 93.6 cm³/mol. The SMILES string of the molecule is C/C1=C\[C@@H](C)C/C=C/[C@H](C)[C@@H](C)OC(=O)CC/C(C)=C/CC1. The molecule has 1 rings (SSSR count). The van der Waals surface area contributed by atoms with Crippen LogP contribution in [-0.2, 0) is 9.53 Å². The van der Waals surface area contributed by atoms with Crippen LogP contribution in [0.25, 0.3) is 0 Å². The van der Waals surface area contributed by atoms with Gasteiger partial charge >= 0.3 is 5.97 Å². The minimum atomic E-state index is -0.0861. The van der Waals surface area contributed by atoms with Gasteiger partial charge in [-0.25, -0.2) is 0 Å². The van der Waals surface area contributed by atoms with Gasteiger partial charge in [0, 0.05) is 12.3 Å². The maximum atomic E-state index is 11.9.